The van der Waals surface area contributed by atoms with Gasteiger partial charge in [-0.1, -0.05) is 12.1 Å². The molecule has 10 atom stereocenters. The summed E-state index contributed by atoms with van der Waals surface area (Å²) in [5, 5.41) is 85.7. The van der Waals surface area contributed by atoms with Crippen LogP contribution in [0.2, 0.25) is 0 Å². The Kier molecular flexibility index (Phi) is 26.0. The highest BCUT2D eigenvalue weighted by Crippen LogP contribution is 2.30. The van der Waals surface area contributed by atoms with Crippen molar-refractivity contribution in [2.24, 2.45) is 5.90 Å². The third kappa shape index (κ3) is 19.4. The molecule has 30 heteroatoms. The molecule has 12 N–H and O–H groups in total. The number of aliphatic carboxylic acids is 2. The van der Waals surface area contributed by atoms with Crippen molar-refractivity contribution in [3.63, 3.8) is 0 Å². The summed E-state index contributed by atoms with van der Waals surface area (Å²) >= 11 is 0. The zero-order valence-electron chi connectivity index (χ0n) is 41.3. The Morgan fingerprint density at radius 2 is 0.961 bits per heavy atom. The largest absolute Gasteiger partial charge is 0.479 e. The van der Waals surface area contributed by atoms with Gasteiger partial charge in [0.1, 0.15) is 67.9 Å². The van der Waals surface area contributed by atoms with Gasteiger partial charge >= 0.3 is 23.9 Å². The number of ether oxygens (including phenoxy) is 10. The van der Waals surface area contributed by atoms with Crippen LogP contribution >= 0.6 is 0 Å². The normalized spacial score (nSPS) is 23.2. The Hall–Kier alpha value is -6.23. The molecular weight excluding hydrogens is 1020 g/mol. The summed E-state index contributed by atoms with van der Waals surface area (Å²) in [5.74, 6) is -2.03. The van der Waals surface area contributed by atoms with Crippen molar-refractivity contribution in [3.8, 4) is 11.5 Å². The molecule has 2 aromatic carbocycles. The summed E-state index contributed by atoms with van der Waals surface area (Å²) < 4.78 is 53.8. The molecule has 2 aromatic rings. The van der Waals surface area contributed by atoms with Crippen molar-refractivity contribution in [3.05, 3.63) is 58.7 Å². The lowest BCUT2D eigenvalue weighted by Crippen LogP contribution is -2.61. The number of carbonyl (C=O) groups excluding carboxylic acids is 5. The number of carboxylic acid groups (broad SMARTS) is 2. The maximum Gasteiger partial charge on any atom is 0.335 e. The van der Waals surface area contributed by atoms with Crippen LogP contribution in [0.15, 0.2) is 36.4 Å². The molecule has 76 heavy (non-hydrogen) atoms. The second-order valence-electron chi connectivity index (χ2n) is 16.6. The molecule has 0 unspecified atom stereocenters. The van der Waals surface area contributed by atoms with E-state index in [1.165, 1.54) is 55.1 Å². The molecule has 0 spiro atoms. The zero-order chi connectivity index (χ0) is 55.9. The molecular formula is C46H64N4O26. The lowest BCUT2D eigenvalue weighted by atomic mass is 9.99. The number of carbonyl (C=O) groups is 7. The number of aliphatic hydroxyl groups is 6. The molecule has 2 heterocycles. The van der Waals surface area contributed by atoms with E-state index in [2.05, 4.69) is 15.5 Å². The molecule has 0 saturated carbocycles. The fourth-order valence-electron chi connectivity index (χ4n) is 6.97. The van der Waals surface area contributed by atoms with Gasteiger partial charge in [-0.2, -0.15) is 0 Å². The minimum absolute atomic E-state index is 0.00736. The van der Waals surface area contributed by atoms with Gasteiger partial charge < -0.3 is 109 Å². The Balaban J connectivity index is 1.33. The highest BCUT2D eigenvalue weighted by molar-refractivity contribution is 5.97. The second kappa shape index (κ2) is 31.7. The van der Waals surface area contributed by atoms with E-state index >= 15 is 0 Å². The molecule has 0 bridgehead atoms. The molecule has 2 saturated heterocycles. The van der Waals surface area contributed by atoms with Gasteiger partial charge in [-0.05, 0) is 35.4 Å². The van der Waals surface area contributed by atoms with Gasteiger partial charge in [0.25, 0.3) is 11.8 Å². The smallest absolute Gasteiger partial charge is 0.335 e. The maximum absolute atomic E-state index is 13.5. The van der Waals surface area contributed by atoms with Crippen LogP contribution < -0.4 is 26.0 Å². The Bertz CT molecular complexity index is 2100. The third-order valence-corrected chi connectivity index (χ3v) is 10.9. The Morgan fingerprint density at radius 1 is 0.553 bits per heavy atom. The van der Waals surface area contributed by atoms with Crippen molar-refractivity contribution in [1.82, 2.24) is 15.5 Å². The number of rotatable bonds is 32. The number of esters is 2. The van der Waals surface area contributed by atoms with Gasteiger partial charge in [-0.15, -0.1) is 0 Å². The summed E-state index contributed by atoms with van der Waals surface area (Å²) in [5.41, 5.74) is 0.306. The highest BCUT2D eigenvalue weighted by Gasteiger charge is 2.49. The quantitative estimate of drug-likeness (QED) is 0.0186. The predicted octanol–water partition coefficient (Wildman–Crippen LogP) is -4.70. The van der Waals surface area contributed by atoms with Crippen LogP contribution in [0.4, 0.5) is 0 Å². The fourth-order valence-corrected chi connectivity index (χ4v) is 6.97. The Labute approximate surface area is 433 Å². The highest BCUT2D eigenvalue weighted by atomic mass is 16.7. The number of aliphatic hydroxyl groups excluding tert-OH is 6. The molecule has 0 aliphatic carbocycles. The molecule has 2 aliphatic heterocycles. The van der Waals surface area contributed by atoms with Crippen molar-refractivity contribution in [1.29, 1.82) is 0 Å². The van der Waals surface area contributed by atoms with Crippen molar-refractivity contribution >= 4 is 41.6 Å². The van der Waals surface area contributed by atoms with Crippen LogP contribution in [0, 0.1) is 0 Å². The lowest BCUT2D eigenvalue weighted by Gasteiger charge is -2.38. The molecule has 0 aromatic heterocycles. The van der Waals surface area contributed by atoms with E-state index in [9.17, 15) is 74.4 Å². The van der Waals surface area contributed by atoms with Crippen LogP contribution in [0.25, 0.3) is 0 Å². The van der Waals surface area contributed by atoms with E-state index in [1.807, 2.05) is 0 Å². The van der Waals surface area contributed by atoms with Gasteiger partial charge in [0.15, 0.2) is 12.2 Å². The Morgan fingerprint density at radius 3 is 1.37 bits per heavy atom. The summed E-state index contributed by atoms with van der Waals surface area (Å²) in [6, 6.07) is 7.95. The molecule has 2 aliphatic rings. The summed E-state index contributed by atoms with van der Waals surface area (Å²) in [4.78, 5) is 92.2. The predicted molar refractivity (Wildman–Crippen MR) is 248 cm³/mol. The van der Waals surface area contributed by atoms with E-state index in [1.54, 1.807) is 0 Å². The minimum Gasteiger partial charge on any atom is -0.479 e. The number of hydrogen-bond donors (Lipinski definition) is 11. The van der Waals surface area contributed by atoms with Crippen molar-refractivity contribution in [2.75, 3.05) is 85.6 Å². The number of benzene rings is 2. The number of carboxylic acids is 2. The van der Waals surface area contributed by atoms with Crippen LogP contribution in [0.5, 0.6) is 11.5 Å². The molecule has 424 valence electrons. The number of nitrogens with one attached hydrogen (secondary N) is 2. The van der Waals surface area contributed by atoms with Crippen molar-refractivity contribution < 1.29 is 127 Å². The van der Waals surface area contributed by atoms with E-state index in [0.29, 0.717) is 11.1 Å². The van der Waals surface area contributed by atoms with Gasteiger partial charge in [0.2, 0.25) is 18.5 Å². The SMILES string of the molecule is CC(=O)OCc1ccc(O[C@@H]2O[C@H](C(=O)O)[C@@H](O)[C@H](O)[C@H]2O)c(C(=O)NCCOCCN(CCOCCNC(=O)c2cc(COC(C)=O)ccc2O[C@@H]2O[C@H](C(=O)O)[C@@H](O)[C@H](O)[C@H]2O)C(=O)COCCOCCON)c1. The molecule has 0 radical (unpaired) electrons. The van der Waals surface area contributed by atoms with E-state index in [0.717, 1.165) is 0 Å². The molecule has 3 amide bonds. The van der Waals surface area contributed by atoms with Gasteiger partial charge in [-0.3, -0.25) is 24.0 Å². The standard InChI is InChI=1S/C46H64N4O26/c1-24(51)70-21-26-3-5-30(73-45-37(58)33(54)35(56)39(75-45)43(62)63)28(19-26)41(60)48-7-11-66-13-9-50(32(53)23-69-16-15-68-17-18-72-47)10-14-67-12-8-49-42(61)29-20-27(22-71-25(2)52)4-6-31(29)74-46-38(59)34(55)36(57)40(76-46)44(64)65/h3-6,19-20,33-40,45-46,54-59H,7-18,21-23,47H2,1-2H3,(H,48,60)(H,49,61)(H,62,63)(H,64,65)/t33-,34-,35-,36-,37+,38+,39-,40-,45+,46+/m0/s1. The van der Waals surface area contributed by atoms with Crippen LogP contribution in [-0.2, 0) is 79.9 Å². The molecule has 30 nitrogen and oxygen atoms in total. The average molecular weight is 1090 g/mol. The first-order chi connectivity index (χ1) is 36.2. The monoisotopic (exact) mass is 1090 g/mol. The van der Waals surface area contributed by atoms with Gasteiger partial charge in [-0.25, -0.2) is 15.5 Å². The van der Waals surface area contributed by atoms with Gasteiger partial charge in [0.05, 0.1) is 64.0 Å². The first kappa shape index (κ1) is 62.3. The van der Waals surface area contributed by atoms with Crippen LogP contribution in [0.3, 0.4) is 0 Å². The maximum atomic E-state index is 13.5. The number of amides is 3. The topological polar surface area (TPSA) is 436 Å². The number of nitrogens with zero attached hydrogens (tertiary/aromatic N) is 1. The fraction of sp³-hybridized carbons (Fsp3) is 0.587. The van der Waals surface area contributed by atoms with Crippen LogP contribution in [0.1, 0.15) is 45.7 Å². The van der Waals surface area contributed by atoms with Crippen molar-refractivity contribution in [2.45, 2.75) is 88.5 Å². The molecule has 2 fully saturated rings. The zero-order valence-corrected chi connectivity index (χ0v) is 41.3. The minimum atomic E-state index is -2.00. The third-order valence-electron chi connectivity index (χ3n) is 10.9. The van der Waals surface area contributed by atoms with E-state index in [-0.39, 0.29) is 121 Å². The average Bonchev–Trinajstić information content (AvgIpc) is 3.38. The van der Waals surface area contributed by atoms with E-state index < -0.39 is 103 Å². The summed E-state index contributed by atoms with van der Waals surface area (Å²) in [7, 11) is 0. The summed E-state index contributed by atoms with van der Waals surface area (Å²) in [6.45, 7) is 1.54. The second-order valence-corrected chi connectivity index (χ2v) is 16.6. The molecule has 4 rings (SSSR count). The van der Waals surface area contributed by atoms with Gasteiger partial charge in [0, 0.05) is 40.0 Å². The number of nitrogens with two attached hydrogens (primary N) is 1. The first-order valence-electron chi connectivity index (χ1n) is 23.4. The first-order valence-corrected chi connectivity index (χ1v) is 23.4. The lowest BCUT2D eigenvalue weighted by molar-refractivity contribution is -0.271. The van der Waals surface area contributed by atoms with Crippen LogP contribution in [-0.4, -0.2) is 234 Å². The van der Waals surface area contributed by atoms with E-state index in [4.69, 9.17) is 53.3 Å². The summed E-state index contributed by atoms with van der Waals surface area (Å²) in [6.07, 6.45) is -19.5. The number of hydrogen-bond acceptors (Lipinski definition) is 25.